The third-order valence-corrected chi connectivity index (χ3v) is 5.10. The first kappa shape index (κ1) is 20.6. The molecule has 8 nitrogen and oxygen atoms in total. The third kappa shape index (κ3) is 4.81. The Kier molecular flexibility index (Phi) is 7.24. The molecule has 0 saturated carbocycles. The van der Waals surface area contributed by atoms with Gasteiger partial charge in [0, 0.05) is 44.1 Å². The average Bonchev–Trinajstić information content (AvgIpc) is 3.24. The summed E-state index contributed by atoms with van der Waals surface area (Å²) < 4.78 is 7.32. The molecule has 2 aromatic rings. The monoisotopic (exact) mass is 406 g/mol. The van der Waals surface area contributed by atoms with Crippen LogP contribution in [-0.4, -0.2) is 60.1 Å². The van der Waals surface area contributed by atoms with Crippen molar-refractivity contribution >= 4 is 24.1 Å². The van der Waals surface area contributed by atoms with Gasteiger partial charge in [0.1, 0.15) is 11.5 Å². The van der Waals surface area contributed by atoms with Gasteiger partial charge in [0.15, 0.2) is 0 Å². The van der Waals surface area contributed by atoms with Crippen molar-refractivity contribution in [3.63, 3.8) is 0 Å². The van der Waals surface area contributed by atoms with Crippen molar-refractivity contribution in [3.8, 4) is 0 Å². The number of pyridine rings is 1. The van der Waals surface area contributed by atoms with Gasteiger partial charge in [-0.05, 0) is 31.5 Å². The summed E-state index contributed by atoms with van der Waals surface area (Å²) in [6.45, 7) is 5.43. The van der Waals surface area contributed by atoms with E-state index in [9.17, 15) is 4.79 Å². The Morgan fingerprint density at radius 1 is 1.32 bits per heavy atom. The van der Waals surface area contributed by atoms with Crippen LogP contribution in [0.25, 0.3) is 0 Å². The van der Waals surface area contributed by atoms with E-state index in [1.807, 2.05) is 23.0 Å². The fourth-order valence-corrected chi connectivity index (χ4v) is 3.62. The second kappa shape index (κ2) is 9.86. The molecule has 2 fully saturated rings. The lowest BCUT2D eigenvalue weighted by Gasteiger charge is -2.29. The number of carbonyl (C=O) groups excluding carboxylic acids is 1. The van der Waals surface area contributed by atoms with E-state index < -0.39 is 0 Å². The van der Waals surface area contributed by atoms with Gasteiger partial charge < -0.3 is 20.3 Å². The minimum Gasteiger partial charge on any atom is -0.378 e. The van der Waals surface area contributed by atoms with E-state index in [1.54, 1.807) is 12.3 Å². The molecule has 4 rings (SSSR count). The molecular weight excluding hydrogens is 380 g/mol. The molecule has 0 bridgehead atoms. The van der Waals surface area contributed by atoms with Crippen molar-refractivity contribution in [2.75, 3.05) is 44.3 Å². The minimum absolute atomic E-state index is 0. The summed E-state index contributed by atoms with van der Waals surface area (Å²) in [5.74, 6) is 0.759. The Bertz CT molecular complexity index is 771. The van der Waals surface area contributed by atoms with Gasteiger partial charge in [-0.15, -0.1) is 12.4 Å². The van der Waals surface area contributed by atoms with Crippen LogP contribution in [0.15, 0.2) is 30.6 Å². The highest BCUT2D eigenvalue weighted by Crippen LogP contribution is 2.19. The Labute approximate surface area is 171 Å². The molecule has 4 heterocycles. The van der Waals surface area contributed by atoms with Crippen LogP contribution in [-0.2, 0) is 11.3 Å². The molecule has 2 aromatic heterocycles. The standard InChI is InChI=1S/C19H26N6O2.ClH/c26-19(17-5-8-25(23-17)16-4-2-6-20-14-16)22-13-15-3-1-7-21-18(15)24-9-11-27-12-10-24;/h1,3,5,7-8,16,20H,2,4,6,9-14H2,(H,22,26);1H. The molecular formula is C19H27ClN6O2. The molecule has 0 spiro atoms. The maximum absolute atomic E-state index is 12.5. The molecule has 0 aliphatic carbocycles. The SMILES string of the molecule is Cl.O=C(NCc1cccnc1N1CCOCC1)c1ccn(C2CCCNC2)n1. The number of nitrogens with one attached hydrogen (secondary N) is 2. The molecule has 2 aliphatic heterocycles. The number of hydrogen-bond acceptors (Lipinski definition) is 6. The van der Waals surface area contributed by atoms with Crippen molar-refractivity contribution in [1.82, 2.24) is 25.4 Å². The van der Waals surface area contributed by atoms with E-state index in [-0.39, 0.29) is 18.3 Å². The molecule has 1 unspecified atom stereocenters. The summed E-state index contributed by atoms with van der Waals surface area (Å²) >= 11 is 0. The van der Waals surface area contributed by atoms with Crippen molar-refractivity contribution in [2.45, 2.75) is 25.4 Å². The van der Waals surface area contributed by atoms with E-state index >= 15 is 0 Å². The van der Waals surface area contributed by atoms with E-state index in [0.29, 0.717) is 31.5 Å². The molecule has 28 heavy (non-hydrogen) atoms. The highest BCUT2D eigenvalue weighted by molar-refractivity contribution is 5.92. The third-order valence-electron chi connectivity index (χ3n) is 5.10. The molecule has 1 amide bonds. The zero-order valence-corrected chi connectivity index (χ0v) is 16.7. The number of carbonyl (C=O) groups is 1. The fourth-order valence-electron chi connectivity index (χ4n) is 3.62. The first-order valence-corrected chi connectivity index (χ1v) is 9.62. The topological polar surface area (TPSA) is 84.3 Å². The normalized spacial score (nSPS) is 19.7. The number of rotatable bonds is 5. The molecule has 2 saturated heterocycles. The zero-order chi connectivity index (χ0) is 18.5. The summed E-state index contributed by atoms with van der Waals surface area (Å²) in [6.07, 6.45) is 5.91. The Morgan fingerprint density at radius 3 is 2.96 bits per heavy atom. The molecule has 152 valence electrons. The quantitative estimate of drug-likeness (QED) is 0.780. The second-order valence-corrected chi connectivity index (χ2v) is 6.95. The first-order chi connectivity index (χ1) is 13.3. The molecule has 2 aliphatic rings. The number of piperidine rings is 1. The van der Waals surface area contributed by atoms with E-state index in [1.165, 1.54) is 0 Å². The summed E-state index contributed by atoms with van der Waals surface area (Å²) in [5.41, 5.74) is 1.46. The van der Waals surface area contributed by atoms with E-state index in [0.717, 1.165) is 50.4 Å². The van der Waals surface area contributed by atoms with E-state index in [4.69, 9.17) is 4.74 Å². The predicted octanol–water partition coefficient (Wildman–Crippen LogP) is 1.39. The van der Waals surface area contributed by atoms with Crippen LogP contribution in [0.2, 0.25) is 0 Å². The van der Waals surface area contributed by atoms with Gasteiger partial charge in [0.05, 0.1) is 19.3 Å². The van der Waals surface area contributed by atoms with Crippen LogP contribution < -0.4 is 15.5 Å². The number of ether oxygens (including phenoxy) is 1. The van der Waals surface area contributed by atoms with Crippen LogP contribution in [0.1, 0.15) is 34.9 Å². The largest absolute Gasteiger partial charge is 0.378 e. The molecule has 2 N–H and O–H groups in total. The molecule has 0 radical (unpaired) electrons. The van der Waals surface area contributed by atoms with E-state index in [2.05, 4.69) is 25.6 Å². The van der Waals surface area contributed by atoms with Gasteiger partial charge in [-0.2, -0.15) is 5.10 Å². The Morgan fingerprint density at radius 2 is 2.18 bits per heavy atom. The lowest BCUT2D eigenvalue weighted by molar-refractivity contribution is 0.0944. The lowest BCUT2D eigenvalue weighted by atomic mass is 10.1. The lowest BCUT2D eigenvalue weighted by Crippen LogP contribution is -2.38. The average molecular weight is 407 g/mol. The number of hydrogen-bond donors (Lipinski definition) is 2. The Balaban J connectivity index is 0.00000225. The molecule has 9 heteroatoms. The van der Waals surface area contributed by atoms with Crippen LogP contribution in [0.4, 0.5) is 5.82 Å². The van der Waals surface area contributed by atoms with Crippen molar-refractivity contribution in [1.29, 1.82) is 0 Å². The zero-order valence-electron chi connectivity index (χ0n) is 15.8. The maximum atomic E-state index is 12.5. The van der Waals surface area contributed by atoms with Gasteiger partial charge in [-0.3, -0.25) is 9.48 Å². The van der Waals surface area contributed by atoms with Gasteiger partial charge in [0.2, 0.25) is 0 Å². The number of nitrogens with zero attached hydrogens (tertiary/aromatic N) is 4. The minimum atomic E-state index is -0.158. The van der Waals surface area contributed by atoms with Crippen molar-refractivity contribution in [2.24, 2.45) is 0 Å². The summed E-state index contributed by atoms with van der Waals surface area (Å²) in [5, 5.41) is 10.8. The number of amides is 1. The van der Waals surface area contributed by atoms with Crippen LogP contribution in [0.3, 0.4) is 0 Å². The molecule has 1 atom stereocenters. The number of morpholine rings is 1. The van der Waals surface area contributed by atoms with Crippen LogP contribution >= 0.6 is 12.4 Å². The highest BCUT2D eigenvalue weighted by atomic mass is 35.5. The number of halogens is 1. The number of anilines is 1. The van der Waals surface area contributed by atoms with Crippen molar-refractivity contribution in [3.05, 3.63) is 41.9 Å². The van der Waals surface area contributed by atoms with Gasteiger partial charge in [-0.1, -0.05) is 6.07 Å². The maximum Gasteiger partial charge on any atom is 0.272 e. The fraction of sp³-hybridized carbons (Fsp3) is 0.526. The summed E-state index contributed by atoms with van der Waals surface area (Å²) in [7, 11) is 0. The van der Waals surface area contributed by atoms with Gasteiger partial charge in [-0.25, -0.2) is 4.98 Å². The van der Waals surface area contributed by atoms with Crippen LogP contribution in [0, 0.1) is 0 Å². The molecule has 0 aromatic carbocycles. The van der Waals surface area contributed by atoms with Crippen molar-refractivity contribution < 1.29 is 9.53 Å². The van der Waals surface area contributed by atoms with Gasteiger partial charge in [0.25, 0.3) is 5.91 Å². The highest BCUT2D eigenvalue weighted by Gasteiger charge is 2.19. The Hall–Kier alpha value is -2.16. The second-order valence-electron chi connectivity index (χ2n) is 6.95. The van der Waals surface area contributed by atoms with Crippen LogP contribution in [0.5, 0.6) is 0 Å². The summed E-state index contributed by atoms with van der Waals surface area (Å²) in [4.78, 5) is 19.3. The first-order valence-electron chi connectivity index (χ1n) is 9.62. The number of aromatic nitrogens is 3. The van der Waals surface area contributed by atoms with Gasteiger partial charge >= 0.3 is 0 Å². The predicted molar refractivity (Wildman–Crippen MR) is 109 cm³/mol. The smallest absolute Gasteiger partial charge is 0.272 e. The summed E-state index contributed by atoms with van der Waals surface area (Å²) in [6, 6.07) is 6.02.